The number of benzene rings is 1. The molecule has 1 aromatic carbocycles. The Bertz CT molecular complexity index is 950. The molecule has 0 spiro atoms. The Hall–Kier alpha value is -3.16. The summed E-state index contributed by atoms with van der Waals surface area (Å²) in [7, 11) is 0. The largest absolute Gasteiger partial charge is 0.489 e. The van der Waals surface area contributed by atoms with Gasteiger partial charge in [-0.2, -0.15) is 17.6 Å². The van der Waals surface area contributed by atoms with E-state index in [2.05, 4.69) is 11.6 Å². The average molecular weight is 394 g/mol. The minimum Gasteiger partial charge on any atom is -0.489 e. The van der Waals surface area contributed by atoms with Crippen LogP contribution in [-0.2, 0) is 6.18 Å². The lowest BCUT2D eigenvalue weighted by atomic mass is 10.0. The van der Waals surface area contributed by atoms with Crippen LogP contribution in [0.15, 0.2) is 67.2 Å². The first kappa shape index (κ1) is 19.6. The molecule has 1 aliphatic heterocycles. The van der Waals surface area contributed by atoms with E-state index in [9.17, 15) is 22.0 Å². The van der Waals surface area contributed by atoms with Gasteiger partial charge < -0.3 is 4.74 Å². The second-order valence-corrected chi connectivity index (χ2v) is 5.83. The molecule has 0 N–H and O–H groups in total. The molecule has 0 fully saturated rings. The molecular weight excluding hydrogens is 379 g/mol. The molecule has 0 saturated heterocycles. The van der Waals surface area contributed by atoms with E-state index in [1.807, 2.05) is 0 Å². The first-order valence-electron chi connectivity index (χ1n) is 8.23. The maximum atomic E-state index is 14.1. The molecule has 0 unspecified atom stereocenters. The standard InChI is InChI=1S/C20H15F5N2O/c1-2-11-28-16-8-6-13(21)12-14(16)19-15(20(23,24)25)7-9-18(26-19)27-10-4-3-5-17(27)22/h2-9,12H,1,10-11H2. The molecule has 3 nitrogen and oxygen atoms in total. The number of ether oxygens (including phenoxy) is 1. The van der Waals surface area contributed by atoms with Crippen LogP contribution in [0.5, 0.6) is 5.75 Å². The molecule has 0 atom stereocenters. The van der Waals surface area contributed by atoms with Gasteiger partial charge in [0.1, 0.15) is 24.0 Å². The number of nitrogens with zero attached hydrogens (tertiary/aromatic N) is 2. The van der Waals surface area contributed by atoms with Crippen LogP contribution >= 0.6 is 0 Å². The van der Waals surface area contributed by atoms with Crippen molar-refractivity contribution >= 4 is 5.82 Å². The summed E-state index contributed by atoms with van der Waals surface area (Å²) < 4.78 is 74.0. The van der Waals surface area contributed by atoms with E-state index in [0.29, 0.717) is 0 Å². The van der Waals surface area contributed by atoms with Crippen molar-refractivity contribution in [2.75, 3.05) is 18.1 Å². The summed E-state index contributed by atoms with van der Waals surface area (Å²) in [6.07, 6.45) is 0.942. The fourth-order valence-electron chi connectivity index (χ4n) is 2.69. The topological polar surface area (TPSA) is 25.4 Å². The number of rotatable bonds is 5. The average Bonchev–Trinajstić information content (AvgIpc) is 2.66. The van der Waals surface area contributed by atoms with E-state index in [1.165, 1.54) is 24.3 Å². The lowest BCUT2D eigenvalue weighted by molar-refractivity contribution is -0.137. The zero-order valence-electron chi connectivity index (χ0n) is 14.5. The number of hydrogen-bond donors (Lipinski definition) is 0. The first-order valence-corrected chi connectivity index (χ1v) is 8.23. The number of alkyl halides is 3. The Morgan fingerprint density at radius 3 is 2.64 bits per heavy atom. The molecule has 0 bridgehead atoms. The fraction of sp³-hybridized carbons (Fsp3) is 0.150. The third-order valence-corrected chi connectivity index (χ3v) is 3.93. The summed E-state index contributed by atoms with van der Waals surface area (Å²) >= 11 is 0. The molecule has 0 aliphatic carbocycles. The summed E-state index contributed by atoms with van der Waals surface area (Å²) in [6, 6.07) is 5.06. The number of aromatic nitrogens is 1. The van der Waals surface area contributed by atoms with Gasteiger partial charge >= 0.3 is 6.18 Å². The van der Waals surface area contributed by atoms with Crippen molar-refractivity contribution in [3.63, 3.8) is 0 Å². The van der Waals surface area contributed by atoms with Crippen LogP contribution in [0.4, 0.5) is 27.8 Å². The maximum absolute atomic E-state index is 14.1. The quantitative estimate of drug-likeness (QED) is 0.372. The van der Waals surface area contributed by atoms with Crippen molar-refractivity contribution < 1.29 is 26.7 Å². The van der Waals surface area contributed by atoms with Crippen LogP contribution in [0.25, 0.3) is 11.3 Å². The Morgan fingerprint density at radius 2 is 1.96 bits per heavy atom. The minimum absolute atomic E-state index is 0.00556. The molecule has 0 amide bonds. The van der Waals surface area contributed by atoms with E-state index in [1.54, 1.807) is 6.08 Å². The molecule has 1 aliphatic rings. The van der Waals surface area contributed by atoms with Gasteiger partial charge in [-0.15, -0.1) is 0 Å². The summed E-state index contributed by atoms with van der Waals surface area (Å²) in [4.78, 5) is 5.12. The molecule has 146 valence electrons. The SMILES string of the molecule is C=CCOc1ccc(F)cc1-c1nc(N2CC=CC=C2F)ccc1C(F)(F)F. The van der Waals surface area contributed by atoms with Crippen molar-refractivity contribution in [3.8, 4) is 17.0 Å². The molecule has 2 heterocycles. The molecule has 8 heteroatoms. The van der Waals surface area contributed by atoms with Crippen LogP contribution in [0.2, 0.25) is 0 Å². The third kappa shape index (κ3) is 4.05. The fourth-order valence-corrected chi connectivity index (χ4v) is 2.69. The first-order chi connectivity index (χ1) is 13.3. The summed E-state index contributed by atoms with van der Waals surface area (Å²) in [5, 5.41) is 0. The predicted octanol–water partition coefficient (Wildman–Crippen LogP) is 5.66. The Morgan fingerprint density at radius 1 is 1.18 bits per heavy atom. The number of halogens is 5. The molecule has 0 saturated carbocycles. The van der Waals surface area contributed by atoms with E-state index >= 15 is 0 Å². The van der Waals surface area contributed by atoms with Crippen molar-refractivity contribution in [1.82, 2.24) is 4.98 Å². The van der Waals surface area contributed by atoms with Gasteiger partial charge in [0.2, 0.25) is 0 Å². The van der Waals surface area contributed by atoms with Crippen LogP contribution in [-0.4, -0.2) is 18.1 Å². The Kier molecular flexibility index (Phi) is 5.48. The van der Waals surface area contributed by atoms with Crippen molar-refractivity contribution in [1.29, 1.82) is 0 Å². The highest BCUT2D eigenvalue weighted by Crippen LogP contribution is 2.41. The monoisotopic (exact) mass is 394 g/mol. The highest BCUT2D eigenvalue weighted by Gasteiger charge is 2.36. The van der Waals surface area contributed by atoms with E-state index < -0.39 is 29.2 Å². The second-order valence-electron chi connectivity index (χ2n) is 5.83. The van der Waals surface area contributed by atoms with Gasteiger partial charge in [0, 0.05) is 12.1 Å². The second kappa shape index (κ2) is 7.84. The molecule has 0 radical (unpaired) electrons. The lowest BCUT2D eigenvalue weighted by Gasteiger charge is -2.24. The van der Waals surface area contributed by atoms with Crippen LogP contribution < -0.4 is 9.64 Å². The zero-order valence-corrected chi connectivity index (χ0v) is 14.5. The Labute approximate surface area is 158 Å². The van der Waals surface area contributed by atoms with Crippen molar-refractivity contribution in [2.45, 2.75) is 6.18 Å². The molecule has 2 aromatic rings. The van der Waals surface area contributed by atoms with Crippen LogP contribution in [0.3, 0.4) is 0 Å². The maximum Gasteiger partial charge on any atom is 0.418 e. The summed E-state index contributed by atoms with van der Waals surface area (Å²) in [5.41, 5.74) is -1.82. The number of hydrogen-bond acceptors (Lipinski definition) is 3. The zero-order chi connectivity index (χ0) is 20.3. The normalized spacial score (nSPS) is 14.0. The van der Waals surface area contributed by atoms with Crippen molar-refractivity contribution in [3.05, 3.63) is 78.5 Å². The number of allylic oxidation sites excluding steroid dienone is 2. The minimum atomic E-state index is -4.75. The van der Waals surface area contributed by atoms with E-state index in [-0.39, 0.29) is 30.3 Å². The van der Waals surface area contributed by atoms with Gasteiger partial charge in [-0.05, 0) is 36.4 Å². The van der Waals surface area contributed by atoms with Gasteiger partial charge in [-0.1, -0.05) is 24.8 Å². The number of anilines is 1. The van der Waals surface area contributed by atoms with Gasteiger partial charge in [-0.25, -0.2) is 9.37 Å². The predicted molar refractivity (Wildman–Crippen MR) is 96.0 cm³/mol. The van der Waals surface area contributed by atoms with Gasteiger partial charge in [0.05, 0.1) is 11.3 Å². The molecule has 3 rings (SSSR count). The van der Waals surface area contributed by atoms with E-state index in [0.717, 1.165) is 29.2 Å². The van der Waals surface area contributed by atoms with Crippen molar-refractivity contribution in [2.24, 2.45) is 0 Å². The van der Waals surface area contributed by atoms with Crippen LogP contribution in [0.1, 0.15) is 5.56 Å². The van der Waals surface area contributed by atoms with Gasteiger partial charge in [-0.3, -0.25) is 4.90 Å². The Balaban J connectivity index is 2.19. The van der Waals surface area contributed by atoms with Gasteiger partial charge in [0.25, 0.3) is 0 Å². The van der Waals surface area contributed by atoms with Crippen LogP contribution in [0, 0.1) is 5.82 Å². The molecule has 28 heavy (non-hydrogen) atoms. The lowest BCUT2D eigenvalue weighted by Crippen LogP contribution is -2.24. The number of pyridine rings is 1. The van der Waals surface area contributed by atoms with E-state index in [4.69, 9.17) is 4.74 Å². The highest BCUT2D eigenvalue weighted by molar-refractivity contribution is 5.72. The summed E-state index contributed by atoms with van der Waals surface area (Å²) in [5.74, 6) is -1.46. The molecule has 1 aromatic heterocycles. The molecular formula is C20H15F5N2O. The third-order valence-electron chi connectivity index (χ3n) is 3.93. The smallest absolute Gasteiger partial charge is 0.418 e. The summed E-state index contributed by atoms with van der Waals surface area (Å²) in [6.45, 7) is 3.59. The highest BCUT2D eigenvalue weighted by atomic mass is 19.4. The van der Waals surface area contributed by atoms with Gasteiger partial charge in [0.15, 0.2) is 5.95 Å².